The van der Waals surface area contributed by atoms with Crippen LogP contribution in [0.5, 0.6) is 0 Å². The standard InChI is InChI=1S/C15H28N6O/c1-12(2)14(15-16-11-17-20(15)4)18-13(22)10-21-7-5-6-19(3)8-9-21/h11-12,14H,5-10H2,1-4H3,(H,18,22)/t14-/m1/s1. The summed E-state index contributed by atoms with van der Waals surface area (Å²) < 4.78 is 1.73. The van der Waals surface area contributed by atoms with E-state index in [1.54, 1.807) is 4.68 Å². The summed E-state index contributed by atoms with van der Waals surface area (Å²) >= 11 is 0. The Balaban J connectivity index is 1.93. The normalized spacial score (nSPS) is 19.1. The van der Waals surface area contributed by atoms with Gasteiger partial charge in [0.2, 0.25) is 5.91 Å². The van der Waals surface area contributed by atoms with E-state index in [1.807, 2.05) is 7.05 Å². The van der Waals surface area contributed by atoms with E-state index in [1.165, 1.54) is 6.33 Å². The van der Waals surface area contributed by atoms with Gasteiger partial charge in [0.1, 0.15) is 12.2 Å². The minimum absolute atomic E-state index is 0.0613. The molecule has 7 nitrogen and oxygen atoms in total. The highest BCUT2D eigenvalue weighted by molar-refractivity contribution is 5.78. The van der Waals surface area contributed by atoms with Gasteiger partial charge in [0.05, 0.1) is 12.6 Å². The fourth-order valence-electron chi connectivity index (χ4n) is 2.80. The van der Waals surface area contributed by atoms with Crippen molar-refractivity contribution in [3.63, 3.8) is 0 Å². The van der Waals surface area contributed by atoms with Gasteiger partial charge in [0.25, 0.3) is 0 Å². The van der Waals surface area contributed by atoms with Crippen LogP contribution in [-0.2, 0) is 11.8 Å². The number of amides is 1. The van der Waals surface area contributed by atoms with E-state index in [4.69, 9.17) is 0 Å². The predicted molar refractivity (Wildman–Crippen MR) is 85.3 cm³/mol. The first kappa shape index (κ1) is 16.9. The van der Waals surface area contributed by atoms with Crippen LogP contribution in [0.25, 0.3) is 0 Å². The van der Waals surface area contributed by atoms with E-state index >= 15 is 0 Å². The second-order valence-corrected chi connectivity index (χ2v) is 6.46. The van der Waals surface area contributed by atoms with Crippen LogP contribution >= 0.6 is 0 Å². The molecule has 0 saturated carbocycles. The Bertz CT molecular complexity index is 486. The van der Waals surface area contributed by atoms with Gasteiger partial charge < -0.3 is 10.2 Å². The summed E-state index contributed by atoms with van der Waals surface area (Å²) in [5.41, 5.74) is 0. The first-order valence-electron chi connectivity index (χ1n) is 8.01. The Morgan fingerprint density at radius 2 is 2.05 bits per heavy atom. The number of hydrogen-bond acceptors (Lipinski definition) is 5. The number of aryl methyl sites for hydroxylation is 1. The van der Waals surface area contributed by atoms with Crippen molar-refractivity contribution < 1.29 is 4.79 Å². The zero-order chi connectivity index (χ0) is 16.1. The average molecular weight is 308 g/mol. The Morgan fingerprint density at radius 3 is 2.68 bits per heavy atom. The molecule has 1 aromatic heterocycles. The highest BCUT2D eigenvalue weighted by Gasteiger charge is 2.24. The molecule has 1 fully saturated rings. The SMILES string of the molecule is CC(C)[C@@H](NC(=O)CN1CCCN(C)CC1)c1ncnn1C. The van der Waals surface area contributed by atoms with Crippen molar-refractivity contribution in [3.05, 3.63) is 12.2 Å². The number of nitrogens with one attached hydrogen (secondary N) is 1. The summed E-state index contributed by atoms with van der Waals surface area (Å²) in [6.45, 7) is 8.67. The number of carbonyl (C=O) groups is 1. The number of aromatic nitrogens is 3. The zero-order valence-electron chi connectivity index (χ0n) is 14.1. The van der Waals surface area contributed by atoms with E-state index < -0.39 is 0 Å². The molecule has 1 amide bonds. The van der Waals surface area contributed by atoms with E-state index in [0.29, 0.717) is 6.54 Å². The molecule has 0 radical (unpaired) electrons. The largest absolute Gasteiger partial charge is 0.345 e. The second kappa shape index (κ2) is 7.69. The van der Waals surface area contributed by atoms with Crippen molar-refractivity contribution in [1.29, 1.82) is 0 Å². The monoisotopic (exact) mass is 308 g/mol. The quantitative estimate of drug-likeness (QED) is 0.845. The molecule has 0 unspecified atom stereocenters. The Hall–Kier alpha value is -1.47. The van der Waals surface area contributed by atoms with Gasteiger partial charge in [-0.2, -0.15) is 5.10 Å². The zero-order valence-corrected chi connectivity index (χ0v) is 14.1. The lowest BCUT2D eigenvalue weighted by Crippen LogP contribution is -2.42. The molecular weight excluding hydrogens is 280 g/mol. The number of nitrogens with zero attached hydrogens (tertiary/aromatic N) is 5. The summed E-state index contributed by atoms with van der Waals surface area (Å²) in [4.78, 5) is 21.2. The summed E-state index contributed by atoms with van der Waals surface area (Å²) in [6.07, 6.45) is 2.64. The van der Waals surface area contributed by atoms with Crippen molar-refractivity contribution in [2.24, 2.45) is 13.0 Å². The van der Waals surface area contributed by atoms with Crippen LogP contribution < -0.4 is 5.32 Å². The maximum absolute atomic E-state index is 12.4. The summed E-state index contributed by atoms with van der Waals surface area (Å²) in [5, 5.41) is 7.22. The van der Waals surface area contributed by atoms with E-state index in [-0.39, 0.29) is 17.9 Å². The summed E-state index contributed by atoms with van der Waals surface area (Å²) in [6, 6.07) is -0.102. The molecule has 1 aromatic rings. The van der Waals surface area contributed by atoms with Gasteiger partial charge in [-0.3, -0.25) is 14.4 Å². The van der Waals surface area contributed by atoms with Crippen molar-refractivity contribution in [3.8, 4) is 0 Å². The van der Waals surface area contributed by atoms with Crippen molar-refractivity contribution >= 4 is 5.91 Å². The molecule has 1 atom stereocenters. The smallest absolute Gasteiger partial charge is 0.234 e. The third kappa shape index (κ3) is 4.51. The minimum atomic E-state index is -0.102. The maximum atomic E-state index is 12.4. The third-order valence-corrected chi connectivity index (χ3v) is 4.19. The number of rotatable bonds is 5. The molecule has 7 heteroatoms. The van der Waals surface area contributed by atoms with E-state index in [2.05, 4.69) is 46.1 Å². The van der Waals surface area contributed by atoms with Crippen LogP contribution in [-0.4, -0.2) is 70.2 Å². The molecule has 1 saturated heterocycles. The predicted octanol–water partition coefficient (Wildman–Crippen LogP) is 0.266. The van der Waals surface area contributed by atoms with Gasteiger partial charge >= 0.3 is 0 Å². The lowest BCUT2D eigenvalue weighted by molar-refractivity contribution is -0.123. The molecule has 1 aliphatic heterocycles. The van der Waals surface area contributed by atoms with Gasteiger partial charge in [-0.05, 0) is 32.5 Å². The van der Waals surface area contributed by atoms with E-state index in [9.17, 15) is 4.79 Å². The number of carbonyl (C=O) groups excluding carboxylic acids is 1. The van der Waals surface area contributed by atoms with E-state index in [0.717, 1.165) is 38.4 Å². The molecule has 0 spiro atoms. The fourth-order valence-corrected chi connectivity index (χ4v) is 2.80. The van der Waals surface area contributed by atoms with Crippen molar-refractivity contribution in [1.82, 2.24) is 29.9 Å². The van der Waals surface area contributed by atoms with Crippen LogP contribution in [0.2, 0.25) is 0 Å². The first-order chi connectivity index (χ1) is 10.5. The van der Waals surface area contributed by atoms with Crippen LogP contribution in [0.4, 0.5) is 0 Å². The molecular formula is C15H28N6O. The van der Waals surface area contributed by atoms with Gasteiger partial charge in [-0.15, -0.1) is 0 Å². The van der Waals surface area contributed by atoms with Gasteiger partial charge in [0, 0.05) is 20.1 Å². The van der Waals surface area contributed by atoms with Crippen LogP contribution in [0.15, 0.2) is 6.33 Å². The topological polar surface area (TPSA) is 66.3 Å². The molecule has 0 bridgehead atoms. The molecule has 22 heavy (non-hydrogen) atoms. The number of likely N-dealkylation sites (N-methyl/N-ethyl adjacent to an activating group) is 1. The minimum Gasteiger partial charge on any atom is -0.345 e. The molecule has 0 aromatic carbocycles. The van der Waals surface area contributed by atoms with Gasteiger partial charge in [0.15, 0.2) is 0 Å². The fraction of sp³-hybridized carbons (Fsp3) is 0.800. The number of hydrogen-bond donors (Lipinski definition) is 1. The Kier molecular flexibility index (Phi) is 5.90. The summed E-state index contributed by atoms with van der Waals surface area (Å²) in [5.74, 6) is 1.13. The lowest BCUT2D eigenvalue weighted by atomic mass is 10.0. The van der Waals surface area contributed by atoms with Crippen LogP contribution in [0.3, 0.4) is 0 Å². The van der Waals surface area contributed by atoms with Crippen LogP contribution in [0, 0.1) is 5.92 Å². The second-order valence-electron chi connectivity index (χ2n) is 6.46. The van der Waals surface area contributed by atoms with Gasteiger partial charge in [-0.25, -0.2) is 4.98 Å². The lowest BCUT2D eigenvalue weighted by Gasteiger charge is -2.24. The molecule has 2 rings (SSSR count). The van der Waals surface area contributed by atoms with Crippen molar-refractivity contribution in [2.45, 2.75) is 26.3 Å². The third-order valence-electron chi connectivity index (χ3n) is 4.19. The Labute approximate surface area is 132 Å². The van der Waals surface area contributed by atoms with Gasteiger partial charge in [-0.1, -0.05) is 13.8 Å². The molecule has 124 valence electrons. The highest BCUT2D eigenvalue weighted by atomic mass is 16.2. The molecule has 1 aliphatic rings. The molecule has 1 N–H and O–H groups in total. The average Bonchev–Trinajstić information content (AvgIpc) is 2.76. The first-order valence-corrected chi connectivity index (χ1v) is 8.01. The molecule has 2 heterocycles. The van der Waals surface area contributed by atoms with Crippen molar-refractivity contribution in [2.75, 3.05) is 39.8 Å². The highest BCUT2D eigenvalue weighted by Crippen LogP contribution is 2.18. The maximum Gasteiger partial charge on any atom is 0.234 e. The van der Waals surface area contributed by atoms with Crippen LogP contribution in [0.1, 0.15) is 32.1 Å². The Morgan fingerprint density at radius 1 is 1.27 bits per heavy atom. The molecule has 0 aliphatic carbocycles. The summed E-state index contributed by atoms with van der Waals surface area (Å²) in [7, 11) is 3.99.